The summed E-state index contributed by atoms with van der Waals surface area (Å²) in [5.41, 5.74) is 4.20. The summed E-state index contributed by atoms with van der Waals surface area (Å²) in [7, 11) is 0. The molecule has 8 nitrogen and oxygen atoms in total. The minimum Gasteiger partial charge on any atom is -0.394 e. The van der Waals surface area contributed by atoms with Crippen molar-refractivity contribution in [1.29, 1.82) is 0 Å². The molecule has 0 saturated heterocycles. The molecule has 0 aliphatic heterocycles. The Morgan fingerprint density at radius 2 is 1.91 bits per heavy atom. The van der Waals surface area contributed by atoms with Gasteiger partial charge in [0.15, 0.2) is 5.65 Å². The number of benzene rings is 1. The summed E-state index contributed by atoms with van der Waals surface area (Å²) in [6, 6.07) is 8.60. The largest absolute Gasteiger partial charge is 0.394 e. The van der Waals surface area contributed by atoms with Crippen molar-refractivity contribution in [3.63, 3.8) is 0 Å². The number of carbonyl (C=O) groups excluding carboxylic acids is 1. The zero-order chi connectivity index (χ0) is 24.5. The Balaban J connectivity index is 1.41. The Morgan fingerprint density at radius 3 is 2.69 bits per heavy atom. The first-order valence-corrected chi connectivity index (χ1v) is 11.2. The maximum atomic E-state index is 13.5. The molecule has 0 saturated carbocycles. The maximum Gasteiger partial charge on any atom is 0.268 e. The lowest BCUT2D eigenvalue weighted by molar-refractivity contribution is 0.0911. The quantitative estimate of drug-likeness (QED) is 0.258. The summed E-state index contributed by atoms with van der Waals surface area (Å²) < 4.78 is 13.5. The molecule has 1 unspecified atom stereocenters. The van der Waals surface area contributed by atoms with Gasteiger partial charge in [-0.15, -0.1) is 0 Å². The van der Waals surface area contributed by atoms with Crippen LogP contribution in [0.5, 0.6) is 0 Å². The Morgan fingerprint density at radius 1 is 1.09 bits per heavy atom. The summed E-state index contributed by atoms with van der Waals surface area (Å²) in [5.74, 6) is -1.04. The Labute approximate surface area is 208 Å². The van der Waals surface area contributed by atoms with Gasteiger partial charge in [0.05, 0.1) is 22.7 Å². The normalized spacial score (nSPS) is 12.1. The number of amides is 1. The van der Waals surface area contributed by atoms with E-state index in [9.17, 15) is 14.3 Å². The molecule has 4 aromatic heterocycles. The van der Waals surface area contributed by atoms with E-state index >= 15 is 0 Å². The topological polar surface area (TPSA) is 120 Å². The van der Waals surface area contributed by atoms with E-state index in [0.29, 0.717) is 27.5 Å². The molecule has 1 amide bonds. The van der Waals surface area contributed by atoms with E-state index in [1.165, 1.54) is 18.2 Å². The number of pyridine rings is 2. The Kier molecular flexibility index (Phi) is 6.21. The van der Waals surface area contributed by atoms with E-state index < -0.39 is 24.4 Å². The van der Waals surface area contributed by atoms with Gasteiger partial charge in [0.25, 0.3) is 5.91 Å². The second kappa shape index (κ2) is 9.46. The van der Waals surface area contributed by atoms with Gasteiger partial charge in [0.2, 0.25) is 0 Å². The van der Waals surface area contributed by atoms with Crippen molar-refractivity contribution < 1.29 is 14.3 Å². The van der Waals surface area contributed by atoms with Crippen LogP contribution in [0.2, 0.25) is 10.0 Å². The molecule has 176 valence electrons. The van der Waals surface area contributed by atoms with Gasteiger partial charge in [0, 0.05) is 46.9 Å². The minimum atomic E-state index is -0.767. The SMILES string of the molecule is O=C(NC(CO)c1ccc(F)c(Cl)c1)c1cc(-c2n[nH]c3ncc(-c4cncc(Cl)c4)cc23)c[nH]1. The first-order chi connectivity index (χ1) is 16.9. The van der Waals surface area contributed by atoms with Gasteiger partial charge in [-0.2, -0.15) is 5.10 Å². The van der Waals surface area contributed by atoms with Gasteiger partial charge in [0.1, 0.15) is 17.2 Å². The highest BCUT2D eigenvalue weighted by Gasteiger charge is 2.19. The number of nitrogens with one attached hydrogen (secondary N) is 3. The van der Waals surface area contributed by atoms with Crippen molar-refractivity contribution >= 4 is 40.1 Å². The number of aromatic amines is 2. The van der Waals surface area contributed by atoms with Crippen LogP contribution in [0, 0.1) is 5.82 Å². The van der Waals surface area contributed by atoms with E-state index in [2.05, 4.69) is 30.5 Å². The molecule has 5 rings (SSSR count). The lowest BCUT2D eigenvalue weighted by atomic mass is 10.1. The van der Waals surface area contributed by atoms with E-state index in [-0.39, 0.29) is 10.7 Å². The van der Waals surface area contributed by atoms with E-state index in [1.807, 2.05) is 6.07 Å². The molecule has 1 aromatic carbocycles. The first-order valence-electron chi connectivity index (χ1n) is 10.4. The van der Waals surface area contributed by atoms with Crippen LogP contribution in [0.25, 0.3) is 33.4 Å². The molecule has 4 N–H and O–H groups in total. The molecular weight excluding hydrogens is 494 g/mol. The monoisotopic (exact) mass is 510 g/mol. The third kappa shape index (κ3) is 4.61. The molecule has 5 aromatic rings. The second-order valence-electron chi connectivity index (χ2n) is 7.77. The average molecular weight is 511 g/mol. The number of H-pyrrole nitrogens is 2. The van der Waals surface area contributed by atoms with Crippen LogP contribution in [-0.2, 0) is 0 Å². The van der Waals surface area contributed by atoms with Crippen molar-refractivity contribution in [2.24, 2.45) is 0 Å². The fraction of sp³-hybridized carbons (Fsp3) is 0.0833. The fourth-order valence-electron chi connectivity index (χ4n) is 3.71. The first kappa shape index (κ1) is 23.0. The standard InChI is InChI=1S/C24H17Cl2FN6O2/c25-16-3-13(7-28-10-16)14-4-17-22(32-33-23(17)30-8-14)15-6-20(29-9-15)24(35)31-21(11-34)12-1-2-19(27)18(26)5-12/h1-10,21,29,34H,11H2,(H,31,35)(H,30,32,33). The van der Waals surface area contributed by atoms with E-state index in [1.54, 1.807) is 36.9 Å². The number of rotatable bonds is 6. The number of halogens is 3. The predicted octanol–water partition coefficient (Wildman–Crippen LogP) is 4.92. The molecule has 0 aliphatic rings. The average Bonchev–Trinajstić information content (AvgIpc) is 3.51. The molecule has 4 heterocycles. The van der Waals surface area contributed by atoms with Gasteiger partial charge >= 0.3 is 0 Å². The molecule has 1 atom stereocenters. The summed E-state index contributed by atoms with van der Waals surface area (Å²) in [4.78, 5) is 24.3. The summed E-state index contributed by atoms with van der Waals surface area (Å²) in [6.07, 6.45) is 6.60. The highest BCUT2D eigenvalue weighted by Crippen LogP contribution is 2.30. The van der Waals surface area contributed by atoms with Crippen LogP contribution in [0.3, 0.4) is 0 Å². The molecule has 0 radical (unpaired) electrons. The van der Waals surface area contributed by atoms with Gasteiger partial charge in [-0.3, -0.25) is 14.9 Å². The zero-order valence-electron chi connectivity index (χ0n) is 17.9. The Hall–Kier alpha value is -3.79. The molecule has 0 bridgehead atoms. The van der Waals surface area contributed by atoms with Crippen LogP contribution in [0.4, 0.5) is 4.39 Å². The third-order valence-corrected chi connectivity index (χ3v) is 5.99. The van der Waals surface area contributed by atoms with Gasteiger partial charge in [-0.25, -0.2) is 9.37 Å². The van der Waals surface area contributed by atoms with E-state index in [4.69, 9.17) is 23.2 Å². The number of fused-ring (bicyclic) bond motifs is 1. The van der Waals surface area contributed by atoms with Crippen molar-refractivity contribution in [3.8, 4) is 22.4 Å². The third-order valence-electron chi connectivity index (χ3n) is 5.49. The maximum absolute atomic E-state index is 13.5. The van der Waals surface area contributed by atoms with E-state index in [0.717, 1.165) is 16.5 Å². The highest BCUT2D eigenvalue weighted by molar-refractivity contribution is 6.31. The van der Waals surface area contributed by atoms with Crippen molar-refractivity contribution in [2.45, 2.75) is 6.04 Å². The molecule has 0 spiro atoms. The van der Waals surface area contributed by atoms with Crippen LogP contribution in [0.15, 0.2) is 61.2 Å². The summed E-state index contributed by atoms with van der Waals surface area (Å²) >= 11 is 11.9. The van der Waals surface area contributed by atoms with Crippen molar-refractivity contribution in [1.82, 2.24) is 30.5 Å². The fourth-order valence-corrected chi connectivity index (χ4v) is 4.08. The summed E-state index contributed by atoms with van der Waals surface area (Å²) in [5, 5.41) is 20.9. The number of hydrogen-bond acceptors (Lipinski definition) is 5. The predicted molar refractivity (Wildman–Crippen MR) is 131 cm³/mol. The van der Waals surface area contributed by atoms with Gasteiger partial charge in [-0.1, -0.05) is 29.3 Å². The number of carbonyl (C=O) groups is 1. The minimum absolute atomic E-state index is 0.0932. The molecule has 0 fully saturated rings. The van der Waals surface area contributed by atoms with Crippen molar-refractivity contribution in [3.05, 3.63) is 88.3 Å². The zero-order valence-corrected chi connectivity index (χ0v) is 19.4. The number of hydrogen-bond donors (Lipinski definition) is 4. The lowest BCUT2D eigenvalue weighted by Gasteiger charge is -2.16. The van der Waals surface area contributed by atoms with Crippen LogP contribution in [0.1, 0.15) is 22.1 Å². The van der Waals surface area contributed by atoms with Gasteiger partial charge in [-0.05, 0) is 35.9 Å². The van der Waals surface area contributed by atoms with Crippen LogP contribution < -0.4 is 5.32 Å². The van der Waals surface area contributed by atoms with Crippen LogP contribution >= 0.6 is 23.2 Å². The number of nitrogens with zero attached hydrogens (tertiary/aromatic N) is 3. The molecule has 11 heteroatoms. The molecular formula is C24H17Cl2FN6O2. The summed E-state index contributed by atoms with van der Waals surface area (Å²) in [6.45, 7) is -0.391. The highest BCUT2D eigenvalue weighted by atomic mass is 35.5. The number of aliphatic hydroxyl groups is 1. The molecule has 35 heavy (non-hydrogen) atoms. The smallest absolute Gasteiger partial charge is 0.268 e. The number of aromatic nitrogens is 5. The lowest BCUT2D eigenvalue weighted by Crippen LogP contribution is -2.31. The second-order valence-corrected chi connectivity index (χ2v) is 8.61. The molecule has 0 aliphatic carbocycles. The van der Waals surface area contributed by atoms with Gasteiger partial charge < -0.3 is 15.4 Å². The number of aliphatic hydroxyl groups excluding tert-OH is 1. The van der Waals surface area contributed by atoms with Crippen molar-refractivity contribution in [2.75, 3.05) is 6.61 Å². The Bertz CT molecular complexity index is 1550. The van der Waals surface area contributed by atoms with Crippen LogP contribution in [-0.4, -0.2) is 42.8 Å².